The average Bonchev–Trinajstić information content (AvgIpc) is 2.75. The standard InChI is InChI=1S/C28H38N2O8/c1-12(30-38-7)13-8-15(25(2,3)4)20(32)17-14(13)9-26(5)11-27(6)10-16(31)18(24(29)36)22(34)28(27,37)23(35)19(26)21(17)33/h8,12,19,23,30,32,34-35,37H,9-11H2,1-7H3,(H2,29,36)/t12?,19?,23?,26-,27+,28+/m0/s1. The van der Waals surface area contributed by atoms with Crippen LogP contribution in [-0.4, -0.2) is 56.7 Å². The van der Waals surface area contributed by atoms with Gasteiger partial charge in [-0.25, -0.2) is 0 Å². The molecule has 3 aliphatic carbocycles. The fourth-order valence-corrected chi connectivity index (χ4v) is 7.34. The van der Waals surface area contributed by atoms with Crippen LogP contribution in [0.5, 0.6) is 5.75 Å². The van der Waals surface area contributed by atoms with E-state index in [1.54, 1.807) is 13.8 Å². The molecule has 0 aliphatic heterocycles. The molecular weight excluding hydrogens is 492 g/mol. The topological polar surface area (TPSA) is 179 Å². The number of carbonyl (C=O) groups is 3. The molecule has 0 saturated heterocycles. The van der Waals surface area contributed by atoms with Crippen molar-refractivity contribution in [3.8, 4) is 5.75 Å². The lowest BCUT2D eigenvalue weighted by Crippen LogP contribution is -2.71. The van der Waals surface area contributed by atoms with Gasteiger partial charge in [0.15, 0.2) is 17.2 Å². The number of hydrogen-bond acceptors (Lipinski definition) is 9. The number of nitrogens with two attached hydrogens (primary N) is 1. The van der Waals surface area contributed by atoms with Crippen molar-refractivity contribution in [2.24, 2.45) is 22.5 Å². The number of primary amides is 1. The Kier molecular flexibility index (Phi) is 6.39. The van der Waals surface area contributed by atoms with E-state index in [4.69, 9.17) is 10.6 Å². The van der Waals surface area contributed by atoms with Crippen LogP contribution < -0.4 is 11.2 Å². The molecule has 6 atom stereocenters. The zero-order valence-electron chi connectivity index (χ0n) is 22.9. The van der Waals surface area contributed by atoms with Crippen molar-refractivity contribution in [1.82, 2.24) is 5.48 Å². The van der Waals surface area contributed by atoms with Crippen molar-refractivity contribution >= 4 is 17.5 Å². The van der Waals surface area contributed by atoms with Crippen LogP contribution in [0.4, 0.5) is 0 Å². The largest absolute Gasteiger partial charge is 0.508 e. The number of carbonyl (C=O) groups excluding carboxylic acids is 3. The predicted octanol–water partition coefficient (Wildman–Crippen LogP) is 2.04. The molecule has 0 radical (unpaired) electrons. The molecule has 1 fully saturated rings. The maximum Gasteiger partial charge on any atom is 0.255 e. The van der Waals surface area contributed by atoms with E-state index in [-0.39, 0.29) is 36.6 Å². The van der Waals surface area contributed by atoms with Gasteiger partial charge in [0.2, 0.25) is 0 Å². The van der Waals surface area contributed by atoms with E-state index in [2.05, 4.69) is 5.48 Å². The van der Waals surface area contributed by atoms with Crippen LogP contribution in [0.25, 0.3) is 0 Å². The molecule has 1 saturated carbocycles. The van der Waals surface area contributed by atoms with Crippen LogP contribution in [0, 0.1) is 16.7 Å². The molecule has 0 spiro atoms. The first-order valence-electron chi connectivity index (χ1n) is 12.7. The van der Waals surface area contributed by atoms with Crippen LogP contribution in [0.15, 0.2) is 17.4 Å². The molecule has 1 aromatic rings. The fraction of sp³-hybridized carbons (Fsp3) is 0.607. The maximum absolute atomic E-state index is 14.3. The minimum absolute atomic E-state index is 0.0522. The normalized spacial score (nSPS) is 33.9. The number of hydrogen-bond donors (Lipinski definition) is 6. The Morgan fingerprint density at radius 3 is 2.34 bits per heavy atom. The average molecular weight is 531 g/mol. The molecule has 3 aliphatic rings. The third kappa shape index (κ3) is 3.65. The summed E-state index contributed by atoms with van der Waals surface area (Å²) in [6.07, 6.45) is -1.93. The number of fused-ring (bicyclic) bond motifs is 3. The Hall–Kier alpha value is -2.79. The lowest BCUT2D eigenvalue weighted by atomic mass is 9.44. The van der Waals surface area contributed by atoms with Gasteiger partial charge < -0.3 is 31.0 Å². The number of aliphatic hydroxyl groups is 3. The lowest BCUT2D eigenvalue weighted by Gasteiger charge is -2.61. The second-order valence-electron chi connectivity index (χ2n) is 12.8. The highest BCUT2D eigenvalue weighted by Crippen LogP contribution is 2.64. The molecule has 0 aromatic heterocycles. The number of aromatic hydroxyl groups is 1. The summed E-state index contributed by atoms with van der Waals surface area (Å²) in [6.45, 7) is 10.9. The van der Waals surface area contributed by atoms with Crippen LogP contribution in [0.1, 0.15) is 87.5 Å². The van der Waals surface area contributed by atoms with E-state index in [1.807, 2.05) is 33.8 Å². The molecule has 0 bridgehead atoms. The van der Waals surface area contributed by atoms with Crippen LogP contribution in [-0.2, 0) is 26.3 Å². The van der Waals surface area contributed by atoms with Gasteiger partial charge in [-0.2, -0.15) is 5.48 Å². The number of phenols is 1. The molecule has 0 heterocycles. The Morgan fingerprint density at radius 1 is 1.21 bits per heavy atom. The van der Waals surface area contributed by atoms with Crippen molar-refractivity contribution in [1.29, 1.82) is 0 Å². The molecule has 10 nitrogen and oxygen atoms in total. The third-order valence-electron chi connectivity index (χ3n) is 9.00. The zero-order valence-corrected chi connectivity index (χ0v) is 22.9. The van der Waals surface area contributed by atoms with Gasteiger partial charge in [-0.1, -0.05) is 34.6 Å². The summed E-state index contributed by atoms with van der Waals surface area (Å²) in [6, 6.07) is 1.50. The number of rotatable bonds is 4. The summed E-state index contributed by atoms with van der Waals surface area (Å²) in [4.78, 5) is 44.2. The molecule has 7 N–H and O–H groups in total. The highest BCUT2D eigenvalue weighted by Gasteiger charge is 2.71. The smallest absolute Gasteiger partial charge is 0.255 e. The van der Waals surface area contributed by atoms with Gasteiger partial charge in [-0.15, -0.1) is 0 Å². The second-order valence-corrected chi connectivity index (χ2v) is 12.8. The lowest BCUT2D eigenvalue weighted by molar-refractivity contribution is -0.222. The predicted molar refractivity (Wildman–Crippen MR) is 137 cm³/mol. The Labute approximate surface area is 221 Å². The number of Topliss-reactive ketones (excluding diaryl/α,β-unsaturated/α-hetero) is 2. The van der Waals surface area contributed by atoms with E-state index >= 15 is 0 Å². The van der Waals surface area contributed by atoms with Gasteiger partial charge in [0.05, 0.1) is 24.6 Å². The molecule has 4 rings (SSSR count). The fourth-order valence-electron chi connectivity index (χ4n) is 7.34. The van der Waals surface area contributed by atoms with Crippen molar-refractivity contribution < 1.29 is 39.6 Å². The number of amides is 1. The van der Waals surface area contributed by atoms with E-state index in [9.17, 15) is 34.8 Å². The van der Waals surface area contributed by atoms with Crippen LogP contribution >= 0.6 is 0 Å². The van der Waals surface area contributed by atoms with Crippen molar-refractivity contribution in [2.75, 3.05) is 7.11 Å². The van der Waals surface area contributed by atoms with Gasteiger partial charge in [-0.05, 0) is 47.8 Å². The highest BCUT2D eigenvalue weighted by molar-refractivity contribution is 6.20. The first kappa shape index (κ1) is 28.2. The van der Waals surface area contributed by atoms with Crippen LogP contribution in [0.3, 0.4) is 0 Å². The van der Waals surface area contributed by atoms with E-state index in [0.717, 1.165) is 5.56 Å². The van der Waals surface area contributed by atoms with E-state index in [0.29, 0.717) is 11.1 Å². The quantitative estimate of drug-likeness (QED) is 0.251. The van der Waals surface area contributed by atoms with Gasteiger partial charge >= 0.3 is 0 Å². The van der Waals surface area contributed by atoms with Crippen molar-refractivity contribution in [2.45, 2.75) is 84.0 Å². The van der Waals surface area contributed by atoms with Gasteiger partial charge in [0, 0.05) is 17.4 Å². The first-order chi connectivity index (χ1) is 17.4. The molecule has 1 aromatic carbocycles. The third-order valence-corrected chi connectivity index (χ3v) is 9.00. The first-order valence-corrected chi connectivity index (χ1v) is 12.7. The summed E-state index contributed by atoms with van der Waals surface area (Å²) >= 11 is 0. The molecular formula is C28H38N2O8. The summed E-state index contributed by atoms with van der Waals surface area (Å²) in [5.41, 5.74) is 3.99. The van der Waals surface area contributed by atoms with E-state index in [1.165, 1.54) is 7.11 Å². The van der Waals surface area contributed by atoms with Crippen LogP contribution in [0.2, 0.25) is 0 Å². The number of phenolic OH excluding ortho intramolecular Hbond substituents is 1. The number of hydroxylamine groups is 1. The molecule has 3 unspecified atom stereocenters. The molecule has 10 heteroatoms. The maximum atomic E-state index is 14.3. The zero-order chi connectivity index (χ0) is 28.7. The number of aliphatic hydroxyl groups excluding tert-OH is 2. The summed E-state index contributed by atoms with van der Waals surface area (Å²) in [7, 11) is 1.48. The monoisotopic (exact) mass is 530 g/mol. The Balaban J connectivity index is 2.00. The SMILES string of the molecule is CONC(C)c1cc(C(C)(C)C)c(O)c2c1C[C@@]1(C)C[C@@]3(C)CC(=O)C(C(N)=O)=C(O)[C@@]3(O)C(O)C1C2=O. The van der Waals surface area contributed by atoms with Gasteiger partial charge in [-0.3, -0.25) is 14.4 Å². The molecule has 38 heavy (non-hydrogen) atoms. The highest BCUT2D eigenvalue weighted by atomic mass is 16.6. The second kappa shape index (κ2) is 8.61. The van der Waals surface area contributed by atoms with Crippen molar-refractivity contribution in [3.63, 3.8) is 0 Å². The molecule has 208 valence electrons. The Morgan fingerprint density at radius 2 is 1.82 bits per heavy atom. The van der Waals surface area contributed by atoms with Gasteiger partial charge in [0.1, 0.15) is 23.2 Å². The summed E-state index contributed by atoms with van der Waals surface area (Å²) < 4.78 is 0. The number of ketones is 2. The number of nitrogens with one attached hydrogen (secondary N) is 1. The number of benzene rings is 1. The summed E-state index contributed by atoms with van der Waals surface area (Å²) in [5, 5.41) is 45.9. The summed E-state index contributed by atoms with van der Waals surface area (Å²) in [5.74, 6) is -5.00. The van der Waals surface area contributed by atoms with Gasteiger partial charge in [0.25, 0.3) is 5.91 Å². The Bertz CT molecular complexity index is 1280. The minimum Gasteiger partial charge on any atom is -0.508 e. The molecule has 1 amide bonds. The minimum atomic E-state index is -2.48. The van der Waals surface area contributed by atoms with E-state index < -0.39 is 62.7 Å². The van der Waals surface area contributed by atoms with Crippen molar-refractivity contribution in [3.05, 3.63) is 39.7 Å².